The van der Waals surface area contributed by atoms with Crippen LogP contribution in [0.4, 0.5) is 11.4 Å². The number of amides is 1. The van der Waals surface area contributed by atoms with Gasteiger partial charge < -0.3 is 10.1 Å². The fraction of sp³-hybridized carbons (Fsp3) is 0.158. The third-order valence-corrected chi connectivity index (χ3v) is 3.44. The van der Waals surface area contributed by atoms with Crippen molar-refractivity contribution in [2.24, 2.45) is 0 Å². The molecular weight excluding hydrogens is 336 g/mol. The quantitative estimate of drug-likeness (QED) is 0.370. The average molecular weight is 354 g/mol. The van der Waals surface area contributed by atoms with E-state index >= 15 is 0 Å². The summed E-state index contributed by atoms with van der Waals surface area (Å²) in [6.07, 6.45) is 1.52. The maximum atomic E-state index is 12.1. The number of ether oxygens (including phenoxy) is 1. The third-order valence-electron chi connectivity index (χ3n) is 3.44. The summed E-state index contributed by atoms with van der Waals surface area (Å²) in [7, 11) is 0. The summed E-state index contributed by atoms with van der Waals surface area (Å²) >= 11 is 0. The summed E-state index contributed by atoms with van der Waals surface area (Å²) in [6, 6.07) is 13.1. The van der Waals surface area contributed by atoms with E-state index in [9.17, 15) is 19.7 Å². The Morgan fingerprint density at radius 1 is 1.19 bits per heavy atom. The van der Waals surface area contributed by atoms with Gasteiger partial charge >= 0.3 is 5.97 Å². The van der Waals surface area contributed by atoms with Crippen LogP contribution in [0.2, 0.25) is 0 Å². The molecule has 0 aliphatic heterocycles. The van der Waals surface area contributed by atoms with Crippen LogP contribution in [0.25, 0.3) is 6.08 Å². The van der Waals surface area contributed by atoms with Crippen LogP contribution in [0.15, 0.2) is 54.6 Å². The lowest BCUT2D eigenvalue weighted by Crippen LogP contribution is -2.29. The highest BCUT2D eigenvalue weighted by Gasteiger charge is 2.16. The van der Waals surface area contributed by atoms with E-state index in [1.165, 1.54) is 31.2 Å². The van der Waals surface area contributed by atoms with Gasteiger partial charge in [-0.25, -0.2) is 4.79 Å². The van der Waals surface area contributed by atoms with Crippen molar-refractivity contribution in [3.05, 3.63) is 75.8 Å². The molecule has 26 heavy (non-hydrogen) atoms. The molecule has 0 spiro atoms. The van der Waals surface area contributed by atoms with Crippen molar-refractivity contribution >= 4 is 29.3 Å². The van der Waals surface area contributed by atoms with Crippen molar-refractivity contribution in [3.63, 3.8) is 0 Å². The smallest absolute Gasteiger partial charge is 0.331 e. The molecule has 0 fully saturated rings. The molecular formula is C19H18N2O5. The molecule has 2 aromatic carbocycles. The number of carbonyl (C=O) groups excluding carboxylic acids is 2. The van der Waals surface area contributed by atoms with Crippen LogP contribution in [0.5, 0.6) is 0 Å². The van der Waals surface area contributed by atoms with Gasteiger partial charge in [0.05, 0.1) is 4.92 Å². The molecule has 7 heteroatoms. The lowest BCUT2D eigenvalue weighted by Gasteiger charge is -2.12. The second-order valence-electron chi connectivity index (χ2n) is 5.62. The van der Waals surface area contributed by atoms with E-state index in [0.717, 1.165) is 11.6 Å². The number of nitrogens with zero attached hydrogens (tertiary/aromatic N) is 1. The minimum atomic E-state index is -0.988. The standard InChI is InChI=1S/C19H18N2O5/c1-13-5-3-7-16(11-13)20-19(23)14(2)26-18(22)10-9-15-6-4-8-17(12-15)21(24)25/h3-12,14H,1-2H3,(H,20,23)/b10-9+/t14-/m1/s1. The monoisotopic (exact) mass is 354 g/mol. The van der Waals surface area contributed by atoms with Crippen LogP contribution in [-0.4, -0.2) is 22.9 Å². The first-order valence-electron chi connectivity index (χ1n) is 7.86. The number of nitrogens with one attached hydrogen (secondary N) is 1. The Morgan fingerprint density at radius 3 is 2.62 bits per heavy atom. The van der Waals surface area contributed by atoms with Gasteiger partial charge in [0.1, 0.15) is 0 Å². The highest BCUT2D eigenvalue weighted by molar-refractivity contribution is 5.96. The first-order valence-corrected chi connectivity index (χ1v) is 7.86. The maximum Gasteiger partial charge on any atom is 0.331 e. The number of carbonyl (C=O) groups is 2. The zero-order valence-electron chi connectivity index (χ0n) is 14.3. The van der Waals surface area contributed by atoms with Gasteiger partial charge in [0.2, 0.25) is 0 Å². The van der Waals surface area contributed by atoms with Crippen LogP contribution in [-0.2, 0) is 14.3 Å². The topological polar surface area (TPSA) is 98.5 Å². The number of nitro benzene ring substituents is 1. The maximum absolute atomic E-state index is 12.1. The van der Waals surface area contributed by atoms with E-state index in [2.05, 4.69) is 5.32 Å². The van der Waals surface area contributed by atoms with Crippen molar-refractivity contribution in [3.8, 4) is 0 Å². The Morgan fingerprint density at radius 2 is 1.92 bits per heavy atom. The minimum absolute atomic E-state index is 0.0774. The van der Waals surface area contributed by atoms with Gasteiger partial charge in [0, 0.05) is 23.9 Å². The van der Waals surface area contributed by atoms with E-state index in [1.54, 1.807) is 18.2 Å². The van der Waals surface area contributed by atoms with Crippen LogP contribution < -0.4 is 5.32 Å². The van der Waals surface area contributed by atoms with Gasteiger partial charge in [0.15, 0.2) is 6.10 Å². The van der Waals surface area contributed by atoms with Crippen LogP contribution in [0, 0.1) is 17.0 Å². The fourth-order valence-electron chi connectivity index (χ4n) is 2.14. The number of non-ortho nitro benzene ring substituents is 1. The van der Waals surface area contributed by atoms with Gasteiger partial charge in [0.25, 0.3) is 11.6 Å². The predicted molar refractivity (Wildman–Crippen MR) is 97.5 cm³/mol. The molecule has 0 saturated carbocycles. The first kappa shape index (κ1) is 18.9. The number of hydrogen-bond acceptors (Lipinski definition) is 5. The number of nitro groups is 1. The van der Waals surface area contributed by atoms with E-state index in [1.807, 2.05) is 19.1 Å². The van der Waals surface area contributed by atoms with Crippen molar-refractivity contribution in [2.45, 2.75) is 20.0 Å². The molecule has 1 atom stereocenters. The van der Waals surface area contributed by atoms with Gasteiger partial charge in [-0.05, 0) is 43.2 Å². The van der Waals surface area contributed by atoms with Crippen molar-refractivity contribution in [2.75, 3.05) is 5.32 Å². The van der Waals surface area contributed by atoms with Gasteiger partial charge in [-0.15, -0.1) is 0 Å². The summed E-state index contributed by atoms with van der Waals surface area (Å²) in [5.74, 6) is -1.17. The lowest BCUT2D eigenvalue weighted by molar-refractivity contribution is -0.384. The van der Waals surface area contributed by atoms with E-state index < -0.39 is 22.9 Å². The number of aryl methyl sites for hydroxylation is 1. The average Bonchev–Trinajstić information content (AvgIpc) is 2.60. The second-order valence-corrected chi connectivity index (χ2v) is 5.62. The summed E-state index contributed by atoms with van der Waals surface area (Å²) in [5.41, 5.74) is 2.01. The number of esters is 1. The Bertz CT molecular complexity index is 861. The molecule has 2 rings (SSSR count). The molecule has 0 aliphatic rings. The lowest BCUT2D eigenvalue weighted by atomic mass is 10.2. The fourth-order valence-corrected chi connectivity index (χ4v) is 2.14. The van der Waals surface area contributed by atoms with Crippen LogP contribution >= 0.6 is 0 Å². The van der Waals surface area contributed by atoms with Crippen molar-refractivity contribution in [1.29, 1.82) is 0 Å². The van der Waals surface area contributed by atoms with Gasteiger partial charge in [-0.1, -0.05) is 24.3 Å². The molecule has 0 aliphatic carbocycles. The highest BCUT2D eigenvalue weighted by atomic mass is 16.6. The predicted octanol–water partition coefficient (Wildman–Crippen LogP) is 3.49. The number of anilines is 1. The summed E-state index contributed by atoms with van der Waals surface area (Å²) in [5, 5.41) is 13.4. The SMILES string of the molecule is Cc1cccc(NC(=O)[C@@H](C)OC(=O)/C=C/c2cccc([N+](=O)[O-])c2)c1. The summed E-state index contributed by atoms with van der Waals surface area (Å²) in [6.45, 7) is 3.36. The minimum Gasteiger partial charge on any atom is -0.449 e. The molecule has 1 amide bonds. The molecule has 0 aromatic heterocycles. The molecule has 0 heterocycles. The normalized spacial score (nSPS) is 11.8. The molecule has 134 valence electrons. The van der Waals surface area contributed by atoms with Crippen LogP contribution in [0.3, 0.4) is 0 Å². The number of rotatable bonds is 6. The molecule has 0 radical (unpaired) electrons. The van der Waals surface area contributed by atoms with Crippen LogP contribution in [0.1, 0.15) is 18.1 Å². The molecule has 0 bridgehead atoms. The molecule has 1 N–H and O–H groups in total. The highest BCUT2D eigenvalue weighted by Crippen LogP contribution is 2.14. The molecule has 2 aromatic rings. The van der Waals surface area contributed by atoms with Gasteiger partial charge in [-0.2, -0.15) is 0 Å². The molecule has 0 saturated heterocycles. The molecule has 0 unspecified atom stereocenters. The zero-order valence-corrected chi connectivity index (χ0v) is 14.3. The Kier molecular flexibility index (Phi) is 6.21. The second kappa shape index (κ2) is 8.57. The molecule has 7 nitrogen and oxygen atoms in total. The largest absolute Gasteiger partial charge is 0.449 e. The first-order chi connectivity index (χ1) is 12.3. The zero-order chi connectivity index (χ0) is 19.1. The van der Waals surface area contributed by atoms with E-state index in [0.29, 0.717) is 11.3 Å². The van der Waals surface area contributed by atoms with Gasteiger partial charge in [-0.3, -0.25) is 14.9 Å². The van der Waals surface area contributed by atoms with E-state index in [4.69, 9.17) is 4.74 Å². The summed E-state index contributed by atoms with van der Waals surface area (Å²) in [4.78, 5) is 34.1. The summed E-state index contributed by atoms with van der Waals surface area (Å²) < 4.78 is 5.04. The Hall–Kier alpha value is -3.48. The van der Waals surface area contributed by atoms with Crippen molar-refractivity contribution < 1.29 is 19.2 Å². The Labute approximate surface area is 150 Å². The number of benzene rings is 2. The third kappa shape index (κ3) is 5.55. The Balaban J connectivity index is 1.93. The van der Waals surface area contributed by atoms with Crippen molar-refractivity contribution in [1.82, 2.24) is 0 Å². The van der Waals surface area contributed by atoms with E-state index in [-0.39, 0.29) is 5.69 Å². The number of hydrogen-bond donors (Lipinski definition) is 1.